The number of carboxylic acids is 1. The van der Waals surface area contributed by atoms with Crippen molar-refractivity contribution in [3.05, 3.63) is 23.8 Å². The van der Waals surface area contributed by atoms with Crippen molar-refractivity contribution in [3.8, 4) is 5.75 Å². The van der Waals surface area contributed by atoms with Crippen LogP contribution in [0.15, 0.2) is 18.2 Å². The molecule has 3 amide bonds. The standard InChI is InChI=1S/C13H17N3O5/c1-7-3-4-10(21-2)8(5-7)15-13(20)16-9(12(18)19)6-11(14)17/h3-5,9H,6H2,1-2H3,(H2,14,17)(H,18,19)(H2,15,16,20)/t9-/m0/s1. The maximum absolute atomic E-state index is 11.8. The van der Waals surface area contributed by atoms with Crippen LogP contribution in [0.1, 0.15) is 12.0 Å². The van der Waals surface area contributed by atoms with Gasteiger partial charge in [-0.25, -0.2) is 9.59 Å². The highest BCUT2D eigenvalue weighted by atomic mass is 16.5. The van der Waals surface area contributed by atoms with Crippen molar-refractivity contribution < 1.29 is 24.2 Å². The molecule has 1 aromatic carbocycles. The minimum absolute atomic E-state index is 0.387. The molecule has 21 heavy (non-hydrogen) atoms. The van der Waals surface area contributed by atoms with Gasteiger partial charge < -0.3 is 26.2 Å². The molecule has 0 spiro atoms. The first kappa shape index (κ1) is 16.3. The molecule has 0 heterocycles. The van der Waals surface area contributed by atoms with Crippen LogP contribution in [0.25, 0.3) is 0 Å². The predicted octanol–water partition coefficient (Wildman–Crippen LogP) is 0.454. The number of carbonyl (C=O) groups excluding carboxylic acids is 2. The number of amides is 3. The van der Waals surface area contributed by atoms with Crippen LogP contribution in [0, 0.1) is 6.92 Å². The normalized spacial score (nSPS) is 11.3. The monoisotopic (exact) mass is 295 g/mol. The van der Waals surface area contributed by atoms with Gasteiger partial charge in [-0.2, -0.15) is 0 Å². The van der Waals surface area contributed by atoms with Crippen LogP contribution >= 0.6 is 0 Å². The van der Waals surface area contributed by atoms with Crippen molar-refractivity contribution in [2.45, 2.75) is 19.4 Å². The average molecular weight is 295 g/mol. The molecule has 0 unspecified atom stereocenters. The fraction of sp³-hybridized carbons (Fsp3) is 0.308. The lowest BCUT2D eigenvalue weighted by Crippen LogP contribution is -2.45. The van der Waals surface area contributed by atoms with Crippen molar-refractivity contribution in [2.75, 3.05) is 12.4 Å². The van der Waals surface area contributed by atoms with Gasteiger partial charge in [0.1, 0.15) is 11.8 Å². The number of benzene rings is 1. The quantitative estimate of drug-likeness (QED) is 0.605. The summed E-state index contributed by atoms with van der Waals surface area (Å²) in [7, 11) is 1.45. The Hall–Kier alpha value is -2.77. The zero-order chi connectivity index (χ0) is 16.0. The molecule has 0 saturated heterocycles. The van der Waals surface area contributed by atoms with Crippen LogP contribution < -0.4 is 21.1 Å². The van der Waals surface area contributed by atoms with E-state index in [2.05, 4.69) is 10.6 Å². The Kier molecular flexibility index (Phi) is 5.53. The van der Waals surface area contributed by atoms with Gasteiger partial charge in [0.15, 0.2) is 0 Å². The van der Waals surface area contributed by atoms with E-state index in [-0.39, 0.29) is 0 Å². The van der Waals surface area contributed by atoms with E-state index in [0.29, 0.717) is 11.4 Å². The van der Waals surface area contributed by atoms with Crippen molar-refractivity contribution in [1.82, 2.24) is 5.32 Å². The second kappa shape index (κ2) is 7.13. The highest BCUT2D eigenvalue weighted by molar-refractivity contribution is 5.94. The van der Waals surface area contributed by atoms with E-state index < -0.39 is 30.4 Å². The van der Waals surface area contributed by atoms with Crippen molar-refractivity contribution >= 4 is 23.6 Å². The van der Waals surface area contributed by atoms with Crippen LogP contribution in [0.5, 0.6) is 5.75 Å². The number of nitrogens with two attached hydrogens (primary N) is 1. The van der Waals surface area contributed by atoms with E-state index in [1.54, 1.807) is 18.2 Å². The number of rotatable bonds is 6. The summed E-state index contributed by atoms with van der Waals surface area (Å²) in [5, 5.41) is 13.5. The third-order valence-corrected chi connectivity index (χ3v) is 2.61. The van der Waals surface area contributed by atoms with Gasteiger partial charge in [-0.05, 0) is 24.6 Å². The summed E-state index contributed by atoms with van der Waals surface area (Å²) in [6.07, 6.45) is -0.492. The number of aliphatic carboxylic acids is 1. The van der Waals surface area contributed by atoms with Gasteiger partial charge in [0.05, 0.1) is 19.2 Å². The first-order chi connectivity index (χ1) is 9.83. The fourth-order valence-electron chi connectivity index (χ4n) is 1.64. The second-order valence-corrected chi connectivity index (χ2v) is 4.36. The summed E-state index contributed by atoms with van der Waals surface area (Å²) in [5.41, 5.74) is 6.21. The number of primary amides is 1. The molecule has 5 N–H and O–H groups in total. The predicted molar refractivity (Wildman–Crippen MR) is 75.1 cm³/mol. The molecule has 0 saturated carbocycles. The fourth-order valence-corrected chi connectivity index (χ4v) is 1.64. The summed E-state index contributed by atoms with van der Waals surface area (Å²) in [6.45, 7) is 1.83. The number of methoxy groups -OCH3 is 1. The van der Waals surface area contributed by atoms with Crippen LogP contribution in [-0.2, 0) is 9.59 Å². The van der Waals surface area contributed by atoms with Crippen LogP contribution in [-0.4, -0.2) is 36.2 Å². The van der Waals surface area contributed by atoms with Crippen molar-refractivity contribution in [3.63, 3.8) is 0 Å². The Balaban J connectivity index is 2.78. The number of urea groups is 1. The number of carboxylic acid groups (broad SMARTS) is 1. The molecule has 8 heteroatoms. The number of nitrogens with one attached hydrogen (secondary N) is 2. The molecule has 0 aliphatic rings. The minimum atomic E-state index is -1.39. The number of ether oxygens (including phenoxy) is 1. The van der Waals surface area contributed by atoms with Gasteiger partial charge in [0.2, 0.25) is 5.91 Å². The first-order valence-corrected chi connectivity index (χ1v) is 6.06. The molecule has 114 valence electrons. The lowest BCUT2D eigenvalue weighted by atomic mass is 10.2. The number of anilines is 1. The van der Waals surface area contributed by atoms with Gasteiger partial charge in [-0.15, -0.1) is 0 Å². The molecule has 0 radical (unpaired) electrons. The third kappa shape index (κ3) is 5.01. The number of hydrogen-bond donors (Lipinski definition) is 4. The summed E-state index contributed by atoms with van der Waals surface area (Å²) >= 11 is 0. The number of aryl methyl sites for hydroxylation is 1. The number of carbonyl (C=O) groups is 3. The molecule has 0 aliphatic heterocycles. The molecular weight excluding hydrogens is 278 g/mol. The zero-order valence-electron chi connectivity index (χ0n) is 11.7. The molecule has 1 atom stereocenters. The first-order valence-electron chi connectivity index (χ1n) is 6.06. The Bertz CT molecular complexity index is 559. The second-order valence-electron chi connectivity index (χ2n) is 4.36. The Morgan fingerprint density at radius 1 is 1.38 bits per heavy atom. The highest BCUT2D eigenvalue weighted by Gasteiger charge is 2.22. The largest absolute Gasteiger partial charge is 0.495 e. The number of hydrogen-bond acceptors (Lipinski definition) is 4. The Labute approximate surface area is 121 Å². The molecule has 1 aromatic rings. The average Bonchev–Trinajstić information content (AvgIpc) is 2.37. The van der Waals surface area contributed by atoms with Gasteiger partial charge >= 0.3 is 12.0 Å². The van der Waals surface area contributed by atoms with E-state index in [0.717, 1.165) is 5.56 Å². The summed E-state index contributed by atoms with van der Waals surface area (Å²) < 4.78 is 5.09. The van der Waals surface area contributed by atoms with E-state index in [1.807, 2.05) is 6.92 Å². The van der Waals surface area contributed by atoms with Crippen molar-refractivity contribution in [1.29, 1.82) is 0 Å². The smallest absolute Gasteiger partial charge is 0.326 e. The van der Waals surface area contributed by atoms with Crippen molar-refractivity contribution in [2.24, 2.45) is 5.73 Å². The van der Waals surface area contributed by atoms with E-state index in [9.17, 15) is 14.4 Å². The van der Waals surface area contributed by atoms with Gasteiger partial charge in [-0.3, -0.25) is 4.79 Å². The molecule has 0 bridgehead atoms. The Morgan fingerprint density at radius 3 is 2.57 bits per heavy atom. The summed E-state index contributed by atoms with van der Waals surface area (Å²) in [6, 6.07) is 2.98. The lowest BCUT2D eigenvalue weighted by Gasteiger charge is -2.15. The SMILES string of the molecule is COc1ccc(C)cc1NC(=O)N[C@@H](CC(N)=O)C(=O)O. The molecule has 1 rings (SSSR count). The third-order valence-electron chi connectivity index (χ3n) is 2.61. The zero-order valence-corrected chi connectivity index (χ0v) is 11.7. The van der Waals surface area contributed by atoms with E-state index in [1.165, 1.54) is 7.11 Å². The van der Waals surface area contributed by atoms with E-state index >= 15 is 0 Å². The van der Waals surface area contributed by atoms with Gasteiger partial charge in [0, 0.05) is 0 Å². The van der Waals surface area contributed by atoms with Gasteiger partial charge in [-0.1, -0.05) is 6.07 Å². The Morgan fingerprint density at radius 2 is 2.05 bits per heavy atom. The molecule has 0 aliphatic carbocycles. The highest BCUT2D eigenvalue weighted by Crippen LogP contribution is 2.24. The topological polar surface area (TPSA) is 131 Å². The molecular formula is C13H17N3O5. The van der Waals surface area contributed by atoms with Gasteiger partial charge in [0.25, 0.3) is 0 Å². The maximum Gasteiger partial charge on any atom is 0.326 e. The molecule has 0 fully saturated rings. The van der Waals surface area contributed by atoms with Crippen LogP contribution in [0.4, 0.5) is 10.5 Å². The molecule has 8 nitrogen and oxygen atoms in total. The minimum Gasteiger partial charge on any atom is -0.495 e. The van der Waals surface area contributed by atoms with Crippen LogP contribution in [0.2, 0.25) is 0 Å². The lowest BCUT2D eigenvalue weighted by molar-refractivity contribution is -0.140. The summed E-state index contributed by atoms with van der Waals surface area (Å²) in [4.78, 5) is 33.5. The van der Waals surface area contributed by atoms with Crippen LogP contribution in [0.3, 0.4) is 0 Å². The molecule has 0 aromatic heterocycles. The van der Waals surface area contributed by atoms with E-state index in [4.69, 9.17) is 15.6 Å². The summed E-state index contributed by atoms with van der Waals surface area (Å²) in [5.74, 6) is -1.74. The maximum atomic E-state index is 11.8.